The van der Waals surface area contributed by atoms with Crippen molar-refractivity contribution in [1.29, 1.82) is 0 Å². The van der Waals surface area contributed by atoms with E-state index < -0.39 is 99.1 Å². The van der Waals surface area contributed by atoms with Crippen molar-refractivity contribution in [3.8, 4) is 0 Å². The van der Waals surface area contributed by atoms with Crippen LogP contribution < -0.4 is 26.2 Å². The highest BCUT2D eigenvalue weighted by Gasteiger charge is 2.42. The molecule has 3 aromatic carbocycles. The van der Waals surface area contributed by atoms with Gasteiger partial charge in [0, 0.05) is 30.9 Å². The standard InChI is InChI=1S/C46H55ClFN9O12/c1-24(2)39(51-45(62)68-5)43(60)53-19-7-9-35(53)41(58)49-31-15-11-26(21-37(31)56(64)65)33-17-18-34(55(33)28-13-14-29(47)30(48)23-28)27-12-16-32(38(22-27)57(66)67)50-42(59)36-10-8-20-54(36)44(61)40(25(3)4)52-46(63)69-6/h11-16,21-25,33-36,39-40H,7-10,17-20H2,1-6H3,(H,49,58)(H,50,59)(H,51,62)(H,52,63)/t33-,34-,35+,36?,39+,40+/m1/s1. The number of rotatable bonds is 15. The summed E-state index contributed by atoms with van der Waals surface area (Å²) in [5.41, 5.74) is -0.102. The minimum Gasteiger partial charge on any atom is -0.453 e. The van der Waals surface area contributed by atoms with Gasteiger partial charge in [0.15, 0.2) is 0 Å². The fraction of sp³-hybridized carbons (Fsp3) is 0.478. The Labute approximate surface area is 401 Å². The molecule has 3 aliphatic heterocycles. The second kappa shape index (κ2) is 21.9. The zero-order valence-electron chi connectivity index (χ0n) is 38.9. The minimum absolute atomic E-state index is 0.143. The number of likely N-dealkylation sites (tertiary alicyclic amines) is 2. The van der Waals surface area contributed by atoms with E-state index in [1.807, 2.05) is 0 Å². The SMILES string of the molecule is COC(=O)N[C@H](C(=O)N1CCCC1C(=O)Nc1ccc([C@H]2CC[C@H](c3ccc(NC(=O)[C@@H]4CCCN4C(=O)[C@@H](NC(=O)OC)C(C)C)c([N+](=O)[O-])c3)N2c2ccc(Cl)c(F)c2)cc1[N+](=O)[O-])C(C)C. The molecule has 3 saturated heterocycles. The van der Waals surface area contributed by atoms with Gasteiger partial charge in [0.1, 0.15) is 41.4 Å². The summed E-state index contributed by atoms with van der Waals surface area (Å²) in [6.07, 6.45) is 0.498. The summed E-state index contributed by atoms with van der Waals surface area (Å²) in [5, 5.41) is 35.4. The molecule has 69 heavy (non-hydrogen) atoms. The fourth-order valence-corrected chi connectivity index (χ4v) is 9.41. The van der Waals surface area contributed by atoms with Crippen LogP contribution in [0, 0.1) is 37.9 Å². The van der Waals surface area contributed by atoms with E-state index in [0.29, 0.717) is 42.5 Å². The summed E-state index contributed by atoms with van der Waals surface area (Å²) in [6.45, 7) is 7.33. The molecule has 0 bridgehead atoms. The van der Waals surface area contributed by atoms with E-state index >= 15 is 4.39 Å². The van der Waals surface area contributed by atoms with Crippen LogP contribution in [0.15, 0.2) is 54.6 Å². The lowest BCUT2D eigenvalue weighted by Crippen LogP contribution is -2.54. The van der Waals surface area contributed by atoms with Crippen LogP contribution >= 0.6 is 11.6 Å². The second-order valence-electron chi connectivity index (χ2n) is 17.8. The quantitative estimate of drug-likeness (QED) is 0.0884. The van der Waals surface area contributed by atoms with Gasteiger partial charge in [-0.15, -0.1) is 0 Å². The van der Waals surface area contributed by atoms with E-state index in [-0.39, 0.29) is 54.2 Å². The molecule has 3 aromatic rings. The summed E-state index contributed by atoms with van der Waals surface area (Å²) in [5.74, 6) is -3.81. The molecule has 21 nitrogen and oxygen atoms in total. The van der Waals surface area contributed by atoms with Crippen LogP contribution in [-0.2, 0) is 28.7 Å². The molecule has 370 valence electrons. The second-order valence-corrected chi connectivity index (χ2v) is 18.2. The maximum Gasteiger partial charge on any atom is 0.407 e. The first-order valence-corrected chi connectivity index (χ1v) is 22.9. The third-order valence-corrected chi connectivity index (χ3v) is 13.1. The monoisotopic (exact) mass is 979 g/mol. The molecule has 0 radical (unpaired) electrons. The molecule has 6 atom stereocenters. The van der Waals surface area contributed by atoms with Gasteiger partial charge in [0.2, 0.25) is 23.6 Å². The number of hydrogen-bond acceptors (Lipinski definition) is 13. The van der Waals surface area contributed by atoms with Crippen molar-refractivity contribution in [3.05, 3.63) is 96.8 Å². The van der Waals surface area contributed by atoms with Crippen LogP contribution in [0.4, 0.5) is 42.4 Å². The Morgan fingerprint density at radius 1 is 0.667 bits per heavy atom. The number of ether oxygens (including phenoxy) is 2. The van der Waals surface area contributed by atoms with Crippen LogP contribution in [0.1, 0.15) is 89.4 Å². The maximum absolute atomic E-state index is 15.2. The summed E-state index contributed by atoms with van der Waals surface area (Å²) in [6, 6.07) is 7.25. The summed E-state index contributed by atoms with van der Waals surface area (Å²) in [4.78, 5) is 107. The molecule has 3 fully saturated rings. The number of nitrogens with zero attached hydrogens (tertiary/aromatic N) is 5. The number of nitro groups is 2. The molecule has 6 amide bonds. The number of benzene rings is 3. The maximum atomic E-state index is 15.2. The topological polar surface area (TPSA) is 265 Å². The van der Waals surface area contributed by atoms with E-state index in [4.69, 9.17) is 11.6 Å². The van der Waals surface area contributed by atoms with Gasteiger partial charge in [-0.1, -0.05) is 51.4 Å². The Bertz CT molecular complexity index is 2370. The average molecular weight is 980 g/mol. The summed E-state index contributed by atoms with van der Waals surface area (Å²) < 4.78 is 24.5. The van der Waals surface area contributed by atoms with Crippen LogP contribution in [0.5, 0.6) is 0 Å². The van der Waals surface area contributed by atoms with Gasteiger partial charge in [-0.25, -0.2) is 14.0 Å². The Balaban J connectivity index is 1.27. The highest BCUT2D eigenvalue weighted by molar-refractivity contribution is 6.30. The molecule has 6 rings (SSSR count). The van der Waals surface area contributed by atoms with E-state index in [1.165, 1.54) is 46.2 Å². The number of hydrogen-bond donors (Lipinski definition) is 4. The van der Waals surface area contributed by atoms with Crippen molar-refractivity contribution in [3.63, 3.8) is 0 Å². The molecule has 4 N–H and O–H groups in total. The lowest BCUT2D eigenvalue weighted by Gasteiger charge is -2.33. The summed E-state index contributed by atoms with van der Waals surface area (Å²) >= 11 is 6.08. The molecule has 0 saturated carbocycles. The van der Waals surface area contributed by atoms with Crippen molar-refractivity contribution in [2.75, 3.05) is 42.8 Å². The highest BCUT2D eigenvalue weighted by Crippen LogP contribution is 2.49. The average Bonchev–Trinajstić information content (AvgIpc) is 4.11. The Hall–Kier alpha value is -7.10. The Kier molecular flexibility index (Phi) is 16.3. The number of nitro benzene ring substituents is 2. The zero-order chi connectivity index (χ0) is 50.4. The van der Waals surface area contributed by atoms with Gasteiger partial charge in [0.25, 0.3) is 11.4 Å². The van der Waals surface area contributed by atoms with Crippen molar-refractivity contribution in [2.24, 2.45) is 11.8 Å². The van der Waals surface area contributed by atoms with Crippen LogP contribution in [0.2, 0.25) is 5.02 Å². The van der Waals surface area contributed by atoms with E-state index in [9.17, 15) is 49.0 Å². The number of methoxy groups -OCH3 is 2. The van der Waals surface area contributed by atoms with Gasteiger partial charge < -0.3 is 45.4 Å². The predicted molar refractivity (Wildman–Crippen MR) is 250 cm³/mol. The number of nitrogens with one attached hydrogen (secondary N) is 4. The van der Waals surface area contributed by atoms with Gasteiger partial charge in [-0.05, 0) is 91.8 Å². The van der Waals surface area contributed by atoms with Gasteiger partial charge in [-0.3, -0.25) is 39.4 Å². The third-order valence-electron chi connectivity index (χ3n) is 12.8. The predicted octanol–water partition coefficient (Wildman–Crippen LogP) is 7.00. The van der Waals surface area contributed by atoms with Crippen molar-refractivity contribution >= 4 is 75.9 Å². The van der Waals surface area contributed by atoms with E-state index in [0.717, 1.165) is 14.2 Å². The first kappa shape index (κ1) is 51.3. The zero-order valence-corrected chi connectivity index (χ0v) is 39.6. The Morgan fingerprint density at radius 2 is 1.09 bits per heavy atom. The van der Waals surface area contributed by atoms with Gasteiger partial charge in [-0.2, -0.15) is 0 Å². The Morgan fingerprint density at radius 3 is 1.45 bits per heavy atom. The highest BCUT2D eigenvalue weighted by atomic mass is 35.5. The van der Waals surface area contributed by atoms with Crippen molar-refractivity contribution in [1.82, 2.24) is 20.4 Å². The molecule has 3 heterocycles. The first-order chi connectivity index (χ1) is 32.7. The number of carbonyl (C=O) groups is 6. The first-order valence-electron chi connectivity index (χ1n) is 22.5. The largest absolute Gasteiger partial charge is 0.453 e. The molecular formula is C46H55ClFN9O12. The van der Waals surface area contributed by atoms with Crippen LogP contribution in [-0.4, -0.2) is 107 Å². The molecule has 0 spiro atoms. The van der Waals surface area contributed by atoms with Crippen LogP contribution in [0.3, 0.4) is 0 Å². The molecule has 23 heteroatoms. The van der Waals surface area contributed by atoms with Crippen LogP contribution in [0.25, 0.3) is 0 Å². The number of halogens is 2. The summed E-state index contributed by atoms with van der Waals surface area (Å²) in [7, 11) is 2.32. The lowest BCUT2D eigenvalue weighted by atomic mass is 10.0. The van der Waals surface area contributed by atoms with E-state index in [2.05, 4.69) is 30.7 Å². The third kappa shape index (κ3) is 11.3. The minimum atomic E-state index is -0.994. The van der Waals surface area contributed by atoms with E-state index in [1.54, 1.807) is 50.8 Å². The molecular weight excluding hydrogens is 925 g/mol. The molecule has 0 aromatic heterocycles. The smallest absolute Gasteiger partial charge is 0.407 e. The van der Waals surface area contributed by atoms with Gasteiger partial charge in [0.05, 0.1) is 41.2 Å². The fourth-order valence-electron chi connectivity index (χ4n) is 9.29. The number of amides is 6. The number of anilines is 3. The normalized spacial score (nSPS) is 19.8. The van der Waals surface area contributed by atoms with Gasteiger partial charge >= 0.3 is 12.2 Å². The molecule has 0 aliphatic carbocycles. The molecule has 3 aliphatic rings. The van der Waals surface area contributed by atoms with Crippen molar-refractivity contribution < 1.29 is 52.5 Å². The van der Waals surface area contributed by atoms with Crippen molar-refractivity contribution in [2.45, 2.75) is 102 Å². The lowest BCUT2D eigenvalue weighted by molar-refractivity contribution is -0.384. The number of carbonyl (C=O) groups excluding carboxylic acids is 6. The number of alkyl carbamates (subject to hydrolysis) is 2. The molecule has 1 unspecified atom stereocenters.